The van der Waals surface area contributed by atoms with Crippen molar-refractivity contribution in [1.29, 1.82) is 0 Å². The van der Waals surface area contributed by atoms with Gasteiger partial charge in [0.15, 0.2) is 5.69 Å². The van der Waals surface area contributed by atoms with Gasteiger partial charge in [-0.25, -0.2) is 4.79 Å². The minimum Gasteiger partial charge on any atom is -0.476 e. The normalized spacial score (nSPS) is 22.2. The number of hydrogen-bond donors (Lipinski definition) is 1. The smallest absolute Gasteiger partial charge is 0.358 e. The summed E-state index contributed by atoms with van der Waals surface area (Å²) in [5.41, 5.74) is 0.0177. The first-order valence-electron chi connectivity index (χ1n) is 5.47. The number of nitrogens with zero attached hydrogens (tertiary/aromatic N) is 4. The third kappa shape index (κ3) is 2.57. The number of hydrogen-bond acceptors (Lipinski definition) is 4. The van der Waals surface area contributed by atoms with E-state index in [1.165, 1.54) is 19.0 Å². The second-order valence-corrected chi connectivity index (χ2v) is 4.40. The van der Waals surface area contributed by atoms with Gasteiger partial charge < -0.3 is 10.0 Å². The summed E-state index contributed by atoms with van der Waals surface area (Å²) in [7, 11) is 2.11. The summed E-state index contributed by atoms with van der Waals surface area (Å²) in [4.78, 5) is 12.9. The van der Waals surface area contributed by atoms with E-state index in [-0.39, 0.29) is 5.69 Å². The maximum atomic E-state index is 10.6. The summed E-state index contributed by atoms with van der Waals surface area (Å²) in [6.45, 7) is 2.95. The molecular weight excluding hydrogens is 208 g/mol. The molecule has 2 heterocycles. The molecule has 0 aliphatic carbocycles. The van der Waals surface area contributed by atoms with Gasteiger partial charge in [0.1, 0.15) is 0 Å². The second-order valence-electron chi connectivity index (χ2n) is 4.40. The molecule has 0 bridgehead atoms. The summed E-state index contributed by atoms with van der Waals surface area (Å²) in [5, 5.41) is 16.1. The standard InChI is InChI=1S/C10H16N4O2/c1-13-4-2-3-8(5-13)6-14-7-9(10(15)16)11-12-14/h7-8H,2-6H2,1H3,(H,15,16)/t8-/m0/s1. The van der Waals surface area contributed by atoms with E-state index in [2.05, 4.69) is 22.3 Å². The monoisotopic (exact) mass is 224 g/mol. The van der Waals surface area contributed by atoms with Crippen molar-refractivity contribution < 1.29 is 9.90 Å². The van der Waals surface area contributed by atoms with E-state index in [1.54, 1.807) is 4.68 Å². The van der Waals surface area contributed by atoms with E-state index in [1.807, 2.05) is 0 Å². The Morgan fingerprint density at radius 3 is 3.12 bits per heavy atom. The van der Waals surface area contributed by atoms with Crippen LogP contribution in [0.15, 0.2) is 6.20 Å². The van der Waals surface area contributed by atoms with Gasteiger partial charge in [0.25, 0.3) is 0 Å². The third-order valence-corrected chi connectivity index (χ3v) is 2.93. The van der Waals surface area contributed by atoms with Gasteiger partial charge in [-0.3, -0.25) is 4.68 Å². The molecule has 1 atom stereocenters. The van der Waals surface area contributed by atoms with Gasteiger partial charge in [0, 0.05) is 13.1 Å². The first-order chi connectivity index (χ1) is 7.65. The Kier molecular flexibility index (Phi) is 3.19. The van der Waals surface area contributed by atoms with Crippen LogP contribution in [0.2, 0.25) is 0 Å². The molecule has 1 aromatic rings. The van der Waals surface area contributed by atoms with Gasteiger partial charge in [0.05, 0.1) is 6.20 Å². The van der Waals surface area contributed by atoms with E-state index in [9.17, 15) is 4.79 Å². The zero-order valence-corrected chi connectivity index (χ0v) is 9.33. The van der Waals surface area contributed by atoms with Crippen LogP contribution in [0.1, 0.15) is 23.3 Å². The lowest BCUT2D eigenvalue weighted by atomic mass is 9.99. The summed E-state index contributed by atoms with van der Waals surface area (Å²) in [5.74, 6) is -0.478. The summed E-state index contributed by atoms with van der Waals surface area (Å²) < 4.78 is 1.63. The minimum absolute atomic E-state index is 0.0177. The van der Waals surface area contributed by atoms with Crippen molar-refractivity contribution in [3.8, 4) is 0 Å². The number of carboxylic acid groups (broad SMARTS) is 1. The minimum atomic E-state index is -1.02. The number of carboxylic acids is 1. The molecule has 1 saturated heterocycles. The van der Waals surface area contributed by atoms with Crippen molar-refractivity contribution in [2.24, 2.45) is 5.92 Å². The maximum Gasteiger partial charge on any atom is 0.358 e. The van der Waals surface area contributed by atoms with Crippen molar-refractivity contribution in [1.82, 2.24) is 19.9 Å². The predicted molar refractivity (Wildman–Crippen MR) is 57.2 cm³/mol. The maximum absolute atomic E-state index is 10.6. The highest BCUT2D eigenvalue weighted by Crippen LogP contribution is 2.16. The van der Waals surface area contributed by atoms with Crippen LogP contribution in [0.3, 0.4) is 0 Å². The van der Waals surface area contributed by atoms with Crippen molar-refractivity contribution in [2.45, 2.75) is 19.4 Å². The van der Waals surface area contributed by atoms with Crippen LogP contribution in [0.25, 0.3) is 0 Å². The molecular formula is C10H16N4O2. The molecule has 0 saturated carbocycles. The molecule has 0 amide bonds. The Balaban J connectivity index is 1.95. The number of carbonyl (C=O) groups is 1. The van der Waals surface area contributed by atoms with Crippen LogP contribution < -0.4 is 0 Å². The fourth-order valence-corrected chi connectivity index (χ4v) is 2.17. The predicted octanol–water partition coefficient (Wildman–Crippen LogP) is 0.318. The largest absolute Gasteiger partial charge is 0.476 e. The number of aromatic nitrogens is 3. The van der Waals surface area contributed by atoms with Gasteiger partial charge in [-0.2, -0.15) is 0 Å². The van der Waals surface area contributed by atoms with Crippen LogP contribution in [-0.2, 0) is 6.54 Å². The Hall–Kier alpha value is -1.43. The molecule has 1 fully saturated rings. The van der Waals surface area contributed by atoms with Crippen LogP contribution in [-0.4, -0.2) is 51.1 Å². The van der Waals surface area contributed by atoms with E-state index in [0.29, 0.717) is 5.92 Å². The van der Waals surface area contributed by atoms with Crippen molar-refractivity contribution in [3.05, 3.63) is 11.9 Å². The zero-order chi connectivity index (χ0) is 11.5. The van der Waals surface area contributed by atoms with E-state index < -0.39 is 5.97 Å². The summed E-state index contributed by atoms with van der Waals surface area (Å²) >= 11 is 0. The summed E-state index contributed by atoms with van der Waals surface area (Å²) in [6, 6.07) is 0. The van der Waals surface area contributed by atoms with Crippen LogP contribution in [0.5, 0.6) is 0 Å². The lowest BCUT2D eigenvalue weighted by molar-refractivity contribution is 0.0690. The number of aromatic carboxylic acids is 1. The van der Waals surface area contributed by atoms with E-state index >= 15 is 0 Å². The third-order valence-electron chi connectivity index (χ3n) is 2.93. The highest BCUT2D eigenvalue weighted by atomic mass is 16.4. The van der Waals surface area contributed by atoms with E-state index in [0.717, 1.165) is 19.6 Å². The van der Waals surface area contributed by atoms with Crippen LogP contribution in [0, 0.1) is 5.92 Å². The van der Waals surface area contributed by atoms with Gasteiger partial charge in [-0.05, 0) is 32.4 Å². The summed E-state index contributed by atoms with van der Waals surface area (Å²) in [6.07, 6.45) is 3.87. The van der Waals surface area contributed by atoms with Crippen LogP contribution >= 0.6 is 0 Å². The topological polar surface area (TPSA) is 71.2 Å². The molecule has 0 aromatic carbocycles. The molecule has 1 aliphatic heterocycles. The molecule has 6 heteroatoms. The molecule has 0 spiro atoms. The molecule has 2 rings (SSSR count). The van der Waals surface area contributed by atoms with Crippen molar-refractivity contribution in [3.63, 3.8) is 0 Å². The molecule has 1 aliphatic rings. The van der Waals surface area contributed by atoms with Gasteiger partial charge >= 0.3 is 5.97 Å². The van der Waals surface area contributed by atoms with E-state index in [4.69, 9.17) is 5.11 Å². The molecule has 0 unspecified atom stereocenters. The number of likely N-dealkylation sites (tertiary alicyclic amines) is 1. The zero-order valence-electron chi connectivity index (χ0n) is 9.33. The number of rotatable bonds is 3. The number of piperidine rings is 1. The Morgan fingerprint density at radius 1 is 1.69 bits per heavy atom. The lowest BCUT2D eigenvalue weighted by Crippen LogP contribution is -2.34. The molecule has 6 nitrogen and oxygen atoms in total. The molecule has 1 N–H and O–H groups in total. The fourth-order valence-electron chi connectivity index (χ4n) is 2.17. The van der Waals surface area contributed by atoms with Gasteiger partial charge in [-0.1, -0.05) is 5.21 Å². The van der Waals surface area contributed by atoms with Crippen LogP contribution in [0.4, 0.5) is 0 Å². The average molecular weight is 224 g/mol. The van der Waals surface area contributed by atoms with Crippen molar-refractivity contribution in [2.75, 3.05) is 20.1 Å². The molecule has 16 heavy (non-hydrogen) atoms. The first-order valence-corrected chi connectivity index (χ1v) is 5.47. The highest BCUT2D eigenvalue weighted by Gasteiger charge is 2.18. The Labute approximate surface area is 93.9 Å². The average Bonchev–Trinajstić information content (AvgIpc) is 2.66. The first kappa shape index (κ1) is 11.1. The molecule has 1 aromatic heterocycles. The quantitative estimate of drug-likeness (QED) is 0.800. The van der Waals surface area contributed by atoms with Crippen molar-refractivity contribution >= 4 is 5.97 Å². The lowest BCUT2D eigenvalue weighted by Gasteiger charge is -2.29. The molecule has 0 radical (unpaired) electrons. The highest BCUT2D eigenvalue weighted by molar-refractivity contribution is 5.84. The Morgan fingerprint density at radius 2 is 2.50 bits per heavy atom. The second kappa shape index (κ2) is 4.61. The van der Waals surface area contributed by atoms with Gasteiger partial charge in [0.2, 0.25) is 0 Å². The SMILES string of the molecule is CN1CCC[C@H](Cn2cc(C(=O)O)nn2)C1. The van der Waals surface area contributed by atoms with Gasteiger partial charge in [-0.15, -0.1) is 5.10 Å². The molecule has 88 valence electrons. The fraction of sp³-hybridized carbons (Fsp3) is 0.700. The Bertz CT molecular complexity index is 377.